The van der Waals surface area contributed by atoms with Crippen LogP contribution in [-0.4, -0.2) is 25.1 Å². The maximum atomic E-state index is 12.6. The zero-order valence-electron chi connectivity index (χ0n) is 15.2. The van der Waals surface area contributed by atoms with Gasteiger partial charge in [-0.3, -0.25) is 9.00 Å². The Morgan fingerprint density at radius 3 is 2.72 bits per heavy atom. The molecule has 3 N–H and O–H groups in total. The van der Waals surface area contributed by atoms with Crippen molar-refractivity contribution in [3.63, 3.8) is 0 Å². The summed E-state index contributed by atoms with van der Waals surface area (Å²) >= 11 is 1.60. The molecule has 0 radical (unpaired) electrons. The Hall–Kier alpha value is -3.30. The average Bonchev–Trinajstić information content (AvgIpc) is 3.42. The van der Waals surface area contributed by atoms with Gasteiger partial charge >= 0.3 is 0 Å². The molecule has 4 rings (SSSR count). The number of hydrogen-bond acceptors (Lipinski definition) is 6. The zero-order chi connectivity index (χ0) is 20.2. The van der Waals surface area contributed by atoms with E-state index in [9.17, 15) is 9.00 Å². The van der Waals surface area contributed by atoms with Crippen molar-refractivity contribution in [2.24, 2.45) is 0 Å². The van der Waals surface area contributed by atoms with Gasteiger partial charge in [0.05, 0.1) is 28.4 Å². The van der Waals surface area contributed by atoms with E-state index >= 15 is 0 Å². The molecule has 0 bridgehead atoms. The summed E-state index contributed by atoms with van der Waals surface area (Å²) in [7, 11) is -1.29. The first kappa shape index (κ1) is 19.0. The standard InChI is InChI=1S/C20H17N5O2S2/c21-17-7-6-14(15-8-9-28-12-15)10-18(17)22-20(26)19-11-25(24-23-19)13-29(27)16-4-2-1-3-5-16/h1-12H,13,21H2,(H,22,26). The van der Waals surface area contributed by atoms with E-state index in [1.165, 1.54) is 10.9 Å². The molecular weight excluding hydrogens is 406 g/mol. The molecule has 1 atom stereocenters. The van der Waals surface area contributed by atoms with Crippen molar-refractivity contribution < 1.29 is 9.00 Å². The number of thiophene rings is 1. The van der Waals surface area contributed by atoms with E-state index in [4.69, 9.17) is 5.73 Å². The number of carbonyl (C=O) groups is 1. The summed E-state index contributed by atoms with van der Waals surface area (Å²) in [6.07, 6.45) is 1.47. The first-order chi connectivity index (χ1) is 14.1. The fraction of sp³-hybridized carbons (Fsp3) is 0.0500. The summed E-state index contributed by atoms with van der Waals surface area (Å²) in [6.45, 7) is 0. The second kappa shape index (κ2) is 8.38. The lowest BCUT2D eigenvalue weighted by Gasteiger charge is -2.09. The Morgan fingerprint density at radius 2 is 1.97 bits per heavy atom. The van der Waals surface area contributed by atoms with E-state index in [2.05, 4.69) is 15.6 Å². The van der Waals surface area contributed by atoms with Gasteiger partial charge in [0.15, 0.2) is 5.69 Å². The molecule has 9 heteroatoms. The van der Waals surface area contributed by atoms with Crippen LogP contribution >= 0.6 is 11.3 Å². The second-order valence-corrected chi connectivity index (χ2v) is 8.40. The van der Waals surface area contributed by atoms with E-state index in [1.54, 1.807) is 29.5 Å². The van der Waals surface area contributed by atoms with Gasteiger partial charge in [-0.2, -0.15) is 11.3 Å². The minimum absolute atomic E-state index is 0.111. The van der Waals surface area contributed by atoms with Gasteiger partial charge in [-0.1, -0.05) is 29.5 Å². The molecule has 2 heterocycles. The van der Waals surface area contributed by atoms with Crippen LogP contribution in [0.4, 0.5) is 11.4 Å². The summed E-state index contributed by atoms with van der Waals surface area (Å²) in [5, 5.41) is 14.6. The summed E-state index contributed by atoms with van der Waals surface area (Å²) in [4.78, 5) is 13.3. The van der Waals surface area contributed by atoms with Crippen LogP contribution in [0.15, 0.2) is 76.4 Å². The Kier molecular flexibility index (Phi) is 5.50. The quantitative estimate of drug-likeness (QED) is 0.461. The van der Waals surface area contributed by atoms with Crippen LogP contribution in [0.3, 0.4) is 0 Å². The van der Waals surface area contributed by atoms with Gasteiger partial charge in [0.1, 0.15) is 5.88 Å². The Labute approximate surface area is 173 Å². The lowest BCUT2D eigenvalue weighted by Crippen LogP contribution is -2.14. The van der Waals surface area contributed by atoms with E-state index < -0.39 is 16.7 Å². The average molecular weight is 424 g/mol. The molecular formula is C20H17N5O2S2. The molecule has 2 aromatic heterocycles. The molecule has 0 aliphatic rings. The van der Waals surface area contributed by atoms with Crippen molar-refractivity contribution in [3.8, 4) is 11.1 Å². The van der Waals surface area contributed by atoms with Crippen molar-refractivity contribution in [2.75, 3.05) is 11.1 Å². The van der Waals surface area contributed by atoms with Crippen LogP contribution in [0, 0.1) is 0 Å². The number of rotatable bonds is 6. The highest BCUT2D eigenvalue weighted by atomic mass is 32.2. The molecule has 1 unspecified atom stereocenters. The summed E-state index contributed by atoms with van der Waals surface area (Å²) in [5.41, 5.74) is 9.10. The first-order valence-electron chi connectivity index (χ1n) is 8.67. The maximum absolute atomic E-state index is 12.6. The van der Waals surface area contributed by atoms with Gasteiger partial charge in [0, 0.05) is 4.90 Å². The van der Waals surface area contributed by atoms with Crippen LogP contribution in [0.25, 0.3) is 11.1 Å². The van der Waals surface area contributed by atoms with Crippen molar-refractivity contribution in [1.82, 2.24) is 15.0 Å². The third-order valence-electron chi connectivity index (χ3n) is 4.18. The third-order valence-corrected chi connectivity index (χ3v) is 6.16. The summed E-state index contributed by atoms with van der Waals surface area (Å²) < 4.78 is 13.8. The monoisotopic (exact) mass is 423 g/mol. The normalized spacial score (nSPS) is 11.9. The molecule has 2 aromatic carbocycles. The van der Waals surface area contributed by atoms with Crippen LogP contribution in [0.2, 0.25) is 0 Å². The largest absolute Gasteiger partial charge is 0.397 e. The second-order valence-electron chi connectivity index (χ2n) is 6.20. The van der Waals surface area contributed by atoms with Gasteiger partial charge in [-0.05, 0) is 52.2 Å². The number of nitrogens with zero attached hydrogens (tertiary/aromatic N) is 3. The highest BCUT2D eigenvalue weighted by Gasteiger charge is 2.14. The fourth-order valence-corrected chi connectivity index (χ4v) is 4.33. The predicted octanol–water partition coefficient (Wildman–Crippen LogP) is 3.61. The number of amides is 1. The number of hydrogen-bond donors (Lipinski definition) is 2. The van der Waals surface area contributed by atoms with Crippen molar-refractivity contribution >= 4 is 39.4 Å². The number of anilines is 2. The van der Waals surface area contributed by atoms with Gasteiger partial charge < -0.3 is 11.1 Å². The molecule has 0 saturated carbocycles. The van der Waals surface area contributed by atoms with Gasteiger partial charge in [0.2, 0.25) is 0 Å². The van der Waals surface area contributed by atoms with Crippen LogP contribution in [-0.2, 0) is 16.7 Å². The number of benzene rings is 2. The van der Waals surface area contributed by atoms with Crippen LogP contribution in [0.1, 0.15) is 10.5 Å². The number of carbonyl (C=O) groups excluding carboxylic acids is 1. The van der Waals surface area contributed by atoms with E-state index in [0.29, 0.717) is 16.3 Å². The predicted molar refractivity (Wildman–Crippen MR) is 115 cm³/mol. The molecule has 0 aliphatic carbocycles. The SMILES string of the molecule is Nc1ccc(-c2ccsc2)cc1NC(=O)c1cn(CS(=O)c2ccccc2)nn1. The number of aromatic nitrogens is 3. The zero-order valence-corrected chi connectivity index (χ0v) is 16.8. The highest BCUT2D eigenvalue weighted by Crippen LogP contribution is 2.28. The lowest BCUT2D eigenvalue weighted by atomic mass is 10.1. The van der Waals surface area contributed by atoms with Gasteiger partial charge in [-0.25, -0.2) is 4.68 Å². The molecule has 1 amide bonds. The first-order valence-corrected chi connectivity index (χ1v) is 10.9. The molecule has 0 spiro atoms. The van der Waals surface area contributed by atoms with Crippen molar-refractivity contribution in [2.45, 2.75) is 10.8 Å². The summed E-state index contributed by atoms with van der Waals surface area (Å²) in [5.74, 6) is -0.323. The molecule has 4 aromatic rings. The fourth-order valence-electron chi connectivity index (χ4n) is 2.69. The molecule has 0 aliphatic heterocycles. The minimum atomic E-state index is -1.29. The molecule has 0 saturated heterocycles. The number of nitrogen functional groups attached to an aromatic ring is 1. The molecule has 7 nitrogen and oxygen atoms in total. The third kappa shape index (κ3) is 4.41. The minimum Gasteiger partial charge on any atom is -0.397 e. The molecule has 146 valence electrons. The number of nitrogens with two attached hydrogens (primary N) is 1. The van der Waals surface area contributed by atoms with Gasteiger partial charge in [-0.15, -0.1) is 5.10 Å². The van der Waals surface area contributed by atoms with E-state index in [0.717, 1.165) is 11.1 Å². The highest BCUT2D eigenvalue weighted by molar-refractivity contribution is 7.84. The molecule has 0 fully saturated rings. The maximum Gasteiger partial charge on any atom is 0.277 e. The van der Waals surface area contributed by atoms with E-state index in [1.807, 2.05) is 47.2 Å². The summed E-state index contributed by atoms with van der Waals surface area (Å²) in [6, 6.07) is 16.5. The van der Waals surface area contributed by atoms with E-state index in [-0.39, 0.29) is 11.6 Å². The smallest absolute Gasteiger partial charge is 0.277 e. The van der Waals surface area contributed by atoms with Crippen molar-refractivity contribution in [1.29, 1.82) is 0 Å². The van der Waals surface area contributed by atoms with Gasteiger partial charge in [0.25, 0.3) is 5.91 Å². The van der Waals surface area contributed by atoms with Crippen LogP contribution in [0.5, 0.6) is 0 Å². The number of nitrogens with one attached hydrogen (secondary N) is 1. The van der Waals surface area contributed by atoms with Crippen LogP contribution < -0.4 is 11.1 Å². The topological polar surface area (TPSA) is 103 Å². The Bertz CT molecular complexity index is 1160. The lowest BCUT2D eigenvalue weighted by molar-refractivity contribution is 0.102. The molecule has 29 heavy (non-hydrogen) atoms. The van der Waals surface area contributed by atoms with Crippen molar-refractivity contribution in [3.05, 3.63) is 77.2 Å². The Morgan fingerprint density at radius 1 is 1.14 bits per heavy atom. The Balaban J connectivity index is 1.47.